The van der Waals surface area contributed by atoms with E-state index in [4.69, 9.17) is 10.5 Å². The number of nitrogens with two attached hydrogens (primary N) is 1. The maximum atomic E-state index is 13.9. The van der Waals surface area contributed by atoms with Crippen LogP contribution >= 0.6 is 0 Å². The lowest BCUT2D eigenvalue weighted by molar-refractivity contribution is -0.134. The maximum absolute atomic E-state index is 13.9. The predicted molar refractivity (Wildman–Crippen MR) is 99.2 cm³/mol. The Morgan fingerprint density at radius 1 is 1.18 bits per heavy atom. The Bertz CT molecular complexity index is 796. The number of benzene rings is 1. The fourth-order valence-corrected chi connectivity index (χ4v) is 4.40. The van der Waals surface area contributed by atoms with Crippen molar-refractivity contribution in [1.29, 1.82) is 0 Å². The smallest absolute Gasteiger partial charge is 0.246 e. The van der Waals surface area contributed by atoms with Crippen molar-refractivity contribution in [1.82, 2.24) is 14.1 Å². The second kappa shape index (κ2) is 9.92. The molecule has 1 saturated heterocycles. The minimum atomic E-state index is -3.96. The number of ether oxygens (including phenoxy) is 1. The third kappa shape index (κ3) is 5.71. The normalized spacial score (nSPS) is 15.8. The molecule has 2 rings (SSSR count). The number of nitrogens with zero attached hydrogens (tertiary/aromatic N) is 3. The van der Waals surface area contributed by atoms with Crippen LogP contribution in [0.2, 0.25) is 0 Å². The summed E-state index contributed by atoms with van der Waals surface area (Å²) in [7, 11) is -2.45. The molecule has 1 aromatic carbocycles. The summed E-state index contributed by atoms with van der Waals surface area (Å²) < 4.78 is 45.2. The molecule has 9 nitrogen and oxygen atoms in total. The molecule has 0 aliphatic carbocycles. The number of methoxy groups -OCH3 is 1. The zero-order chi connectivity index (χ0) is 20.7. The van der Waals surface area contributed by atoms with Crippen molar-refractivity contribution >= 4 is 21.8 Å². The van der Waals surface area contributed by atoms with E-state index in [2.05, 4.69) is 0 Å². The van der Waals surface area contributed by atoms with Crippen LogP contribution < -0.4 is 5.73 Å². The SMILES string of the molecule is COCCN(CC(N)=O)CC(=O)N1CCN(S(=O)(=O)c2ccccc2F)CC1. The van der Waals surface area contributed by atoms with E-state index in [1.807, 2.05) is 0 Å². The van der Waals surface area contributed by atoms with Gasteiger partial charge in [0, 0.05) is 39.8 Å². The van der Waals surface area contributed by atoms with Gasteiger partial charge in [0.2, 0.25) is 21.8 Å². The van der Waals surface area contributed by atoms with Crippen LogP contribution in [0.25, 0.3) is 0 Å². The Balaban J connectivity index is 1.96. The molecule has 1 aliphatic heterocycles. The van der Waals surface area contributed by atoms with Crippen LogP contribution in [0.1, 0.15) is 0 Å². The van der Waals surface area contributed by atoms with Gasteiger partial charge in [-0.25, -0.2) is 12.8 Å². The summed E-state index contributed by atoms with van der Waals surface area (Å²) in [5.74, 6) is -1.59. The van der Waals surface area contributed by atoms with E-state index in [1.54, 1.807) is 4.90 Å². The average molecular weight is 416 g/mol. The van der Waals surface area contributed by atoms with Crippen LogP contribution in [0.5, 0.6) is 0 Å². The van der Waals surface area contributed by atoms with Crippen molar-refractivity contribution < 1.29 is 27.1 Å². The molecule has 0 saturated carbocycles. The quantitative estimate of drug-likeness (QED) is 0.558. The van der Waals surface area contributed by atoms with Gasteiger partial charge in [-0.1, -0.05) is 12.1 Å². The van der Waals surface area contributed by atoms with E-state index in [0.717, 1.165) is 6.07 Å². The summed E-state index contributed by atoms with van der Waals surface area (Å²) in [4.78, 5) is 26.4. The third-order valence-corrected chi connectivity index (χ3v) is 6.33. The van der Waals surface area contributed by atoms with Crippen LogP contribution in [0, 0.1) is 5.82 Å². The lowest BCUT2D eigenvalue weighted by Crippen LogP contribution is -2.53. The number of hydrogen-bond acceptors (Lipinski definition) is 6. The number of sulfonamides is 1. The zero-order valence-electron chi connectivity index (χ0n) is 15.7. The number of piperazine rings is 1. The van der Waals surface area contributed by atoms with Crippen LogP contribution in [0.15, 0.2) is 29.2 Å². The van der Waals surface area contributed by atoms with Crippen LogP contribution in [-0.4, -0.2) is 93.9 Å². The summed E-state index contributed by atoms with van der Waals surface area (Å²) in [6, 6.07) is 5.20. The van der Waals surface area contributed by atoms with E-state index in [1.165, 1.54) is 34.5 Å². The molecule has 1 heterocycles. The van der Waals surface area contributed by atoms with Gasteiger partial charge in [0.15, 0.2) is 0 Å². The molecular formula is C17H25FN4O5S. The molecule has 0 atom stereocenters. The number of carbonyl (C=O) groups is 2. The lowest BCUT2D eigenvalue weighted by atomic mass is 10.3. The summed E-state index contributed by atoms with van der Waals surface area (Å²) >= 11 is 0. The zero-order valence-corrected chi connectivity index (χ0v) is 16.5. The van der Waals surface area contributed by atoms with Gasteiger partial charge in [-0.3, -0.25) is 14.5 Å². The first-order valence-corrected chi connectivity index (χ1v) is 10.2. The summed E-state index contributed by atoms with van der Waals surface area (Å²) in [6.45, 7) is 1.11. The molecule has 2 N–H and O–H groups in total. The summed E-state index contributed by atoms with van der Waals surface area (Å²) in [6.07, 6.45) is 0. The number of hydrogen-bond donors (Lipinski definition) is 1. The van der Waals surface area contributed by atoms with E-state index in [-0.39, 0.29) is 50.1 Å². The number of halogens is 1. The van der Waals surface area contributed by atoms with Crippen molar-refractivity contribution in [3.8, 4) is 0 Å². The van der Waals surface area contributed by atoms with Crippen molar-refractivity contribution in [2.24, 2.45) is 5.73 Å². The van der Waals surface area contributed by atoms with Gasteiger partial charge in [0.05, 0.1) is 19.7 Å². The monoisotopic (exact) mass is 416 g/mol. The molecule has 0 unspecified atom stereocenters. The van der Waals surface area contributed by atoms with Crippen molar-refractivity contribution in [3.63, 3.8) is 0 Å². The fourth-order valence-electron chi connectivity index (χ4n) is 2.92. The molecule has 2 amide bonds. The predicted octanol–water partition coefficient (Wildman–Crippen LogP) is -0.908. The first kappa shape index (κ1) is 22.2. The topological polar surface area (TPSA) is 113 Å². The Hall–Kier alpha value is -2.08. The van der Waals surface area contributed by atoms with E-state index < -0.39 is 21.7 Å². The first-order chi connectivity index (χ1) is 13.3. The summed E-state index contributed by atoms with van der Waals surface area (Å²) in [5, 5.41) is 0. The Kier molecular flexibility index (Phi) is 7.87. The van der Waals surface area contributed by atoms with Crippen molar-refractivity contribution in [2.45, 2.75) is 4.90 Å². The third-order valence-electron chi connectivity index (χ3n) is 4.40. The van der Waals surface area contributed by atoms with Crippen molar-refractivity contribution in [3.05, 3.63) is 30.1 Å². The Morgan fingerprint density at radius 3 is 2.39 bits per heavy atom. The molecule has 28 heavy (non-hydrogen) atoms. The average Bonchev–Trinajstić information content (AvgIpc) is 2.66. The van der Waals surface area contributed by atoms with Gasteiger partial charge >= 0.3 is 0 Å². The van der Waals surface area contributed by atoms with Gasteiger partial charge in [-0.2, -0.15) is 4.31 Å². The number of primary amides is 1. The summed E-state index contributed by atoms with van der Waals surface area (Å²) in [5.41, 5.74) is 5.20. The second-order valence-corrected chi connectivity index (χ2v) is 8.29. The molecule has 0 radical (unpaired) electrons. The largest absolute Gasteiger partial charge is 0.383 e. The minimum Gasteiger partial charge on any atom is -0.383 e. The van der Waals surface area contributed by atoms with E-state index in [0.29, 0.717) is 13.2 Å². The molecule has 1 aromatic rings. The van der Waals surface area contributed by atoms with Crippen LogP contribution in [-0.2, 0) is 24.3 Å². The Labute approximate surface area is 163 Å². The maximum Gasteiger partial charge on any atom is 0.246 e. The number of amides is 2. The molecule has 1 fully saturated rings. The minimum absolute atomic E-state index is 0.0215. The number of rotatable bonds is 9. The highest BCUT2D eigenvalue weighted by molar-refractivity contribution is 7.89. The highest BCUT2D eigenvalue weighted by atomic mass is 32.2. The molecule has 0 spiro atoms. The van der Waals surface area contributed by atoms with Gasteiger partial charge < -0.3 is 15.4 Å². The standard InChI is InChI=1S/C17H25FN4O5S/c1-27-11-10-20(12-16(19)23)13-17(24)21-6-8-22(9-7-21)28(25,26)15-5-3-2-4-14(15)18/h2-5H,6-13H2,1H3,(H2,19,23). The van der Waals surface area contributed by atoms with Crippen LogP contribution in [0.4, 0.5) is 4.39 Å². The van der Waals surface area contributed by atoms with Gasteiger partial charge in [0.1, 0.15) is 10.7 Å². The molecule has 11 heteroatoms. The Morgan fingerprint density at radius 2 is 1.82 bits per heavy atom. The highest BCUT2D eigenvalue weighted by Crippen LogP contribution is 2.20. The number of carbonyl (C=O) groups excluding carboxylic acids is 2. The van der Waals surface area contributed by atoms with E-state index in [9.17, 15) is 22.4 Å². The first-order valence-electron chi connectivity index (χ1n) is 8.77. The van der Waals surface area contributed by atoms with E-state index >= 15 is 0 Å². The highest BCUT2D eigenvalue weighted by Gasteiger charge is 2.32. The molecular weight excluding hydrogens is 391 g/mol. The van der Waals surface area contributed by atoms with Crippen molar-refractivity contribution in [2.75, 3.05) is 59.5 Å². The molecule has 0 bridgehead atoms. The fraction of sp³-hybridized carbons (Fsp3) is 0.529. The van der Waals surface area contributed by atoms with Gasteiger partial charge in [0.25, 0.3) is 0 Å². The lowest BCUT2D eigenvalue weighted by Gasteiger charge is -2.35. The van der Waals surface area contributed by atoms with Crippen LogP contribution in [0.3, 0.4) is 0 Å². The van der Waals surface area contributed by atoms with Gasteiger partial charge in [-0.15, -0.1) is 0 Å². The van der Waals surface area contributed by atoms with Gasteiger partial charge in [-0.05, 0) is 12.1 Å². The molecule has 156 valence electrons. The second-order valence-electron chi connectivity index (χ2n) is 6.39. The molecule has 0 aromatic heterocycles. The molecule has 1 aliphatic rings.